The van der Waals surface area contributed by atoms with Gasteiger partial charge in [0, 0.05) is 22.9 Å². The van der Waals surface area contributed by atoms with Gasteiger partial charge in [0.2, 0.25) is 0 Å². The Bertz CT molecular complexity index is 634. The molecule has 0 radical (unpaired) electrons. The maximum atomic E-state index is 13.3. The van der Waals surface area contributed by atoms with Gasteiger partial charge in [-0.15, -0.1) is 0 Å². The molecule has 7 atom stereocenters. The standard InChI is InChI=1S/C13H14F4O7S.Na/c14-12(15,13(16,17)25(21)22)1-2-23-10(19)6-4-3-5-7(6)11(20)24-9(5)8(4)18;/h4-9,18H,1-3H2,(H,21,22);/q;+1/p-1. The summed E-state index contributed by atoms with van der Waals surface area (Å²) in [6.07, 6.45) is -3.13. The van der Waals surface area contributed by atoms with Crippen LogP contribution >= 0.6 is 0 Å². The Hall–Kier alpha value is -0.270. The normalized spacial score (nSPS) is 36.5. The summed E-state index contributed by atoms with van der Waals surface area (Å²) in [5.41, 5.74) is 0. The zero-order chi connectivity index (χ0) is 18.7. The molecule has 3 rings (SSSR count). The van der Waals surface area contributed by atoms with Crippen molar-refractivity contribution >= 4 is 23.0 Å². The Morgan fingerprint density at radius 3 is 2.54 bits per heavy atom. The number of alkyl halides is 4. The maximum Gasteiger partial charge on any atom is 1.00 e. The van der Waals surface area contributed by atoms with Crippen molar-refractivity contribution in [3.05, 3.63) is 0 Å². The van der Waals surface area contributed by atoms with E-state index in [4.69, 9.17) is 4.74 Å². The number of aliphatic hydroxyl groups excluding tert-OH is 1. The van der Waals surface area contributed by atoms with E-state index in [2.05, 4.69) is 4.74 Å². The Labute approximate surface area is 169 Å². The predicted octanol–water partition coefficient (Wildman–Crippen LogP) is -2.80. The minimum absolute atomic E-state index is 0. The van der Waals surface area contributed by atoms with Crippen LogP contribution in [0.3, 0.4) is 0 Å². The number of rotatable bonds is 6. The number of carbonyl (C=O) groups is 2. The second-order valence-electron chi connectivity index (χ2n) is 6.38. The molecule has 3 aliphatic rings. The minimum atomic E-state index is -5.30. The number of aliphatic hydroxyl groups is 1. The van der Waals surface area contributed by atoms with E-state index in [-0.39, 0.29) is 35.5 Å². The van der Waals surface area contributed by atoms with Gasteiger partial charge in [-0.3, -0.25) is 13.8 Å². The molecule has 13 heteroatoms. The predicted molar refractivity (Wildman–Crippen MR) is 68.9 cm³/mol. The second kappa shape index (κ2) is 7.28. The number of fused-ring (bicyclic) bond motifs is 1. The molecule has 26 heavy (non-hydrogen) atoms. The van der Waals surface area contributed by atoms with Crippen molar-refractivity contribution in [3.8, 4) is 0 Å². The number of hydrogen-bond donors (Lipinski definition) is 1. The van der Waals surface area contributed by atoms with Crippen LogP contribution in [0.5, 0.6) is 0 Å². The van der Waals surface area contributed by atoms with E-state index in [0.717, 1.165) is 0 Å². The van der Waals surface area contributed by atoms with E-state index in [1.165, 1.54) is 0 Å². The summed E-state index contributed by atoms with van der Waals surface area (Å²) >= 11 is -4.34. The van der Waals surface area contributed by atoms with Gasteiger partial charge in [0.1, 0.15) is 6.10 Å². The van der Waals surface area contributed by atoms with E-state index in [9.17, 15) is 41.0 Å². The minimum Gasteiger partial charge on any atom is -0.768 e. The maximum absolute atomic E-state index is 13.3. The largest absolute Gasteiger partial charge is 1.00 e. The van der Waals surface area contributed by atoms with Crippen LogP contribution in [0.25, 0.3) is 0 Å². The van der Waals surface area contributed by atoms with Gasteiger partial charge in [0.05, 0.1) is 31.0 Å². The average molecular weight is 412 g/mol. The molecule has 0 aromatic carbocycles. The fourth-order valence-corrected chi connectivity index (χ4v) is 4.33. The Morgan fingerprint density at radius 1 is 1.35 bits per heavy atom. The summed E-state index contributed by atoms with van der Waals surface area (Å²) in [7, 11) is 0. The van der Waals surface area contributed by atoms with Crippen LogP contribution in [-0.4, -0.2) is 55.8 Å². The second-order valence-corrected chi connectivity index (χ2v) is 7.36. The van der Waals surface area contributed by atoms with E-state index in [1.54, 1.807) is 0 Å². The summed E-state index contributed by atoms with van der Waals surface area (Å²) in [6.45, 7) is -1.16. The van der Waals surface area contributed by atoms with Crippen LogP contribution in [0.15, 0.2) is 0 Å². The van der Waals surface area contributed by atoms with Gasteiger partial charge in [0.15, 0.2) is 0 Å². The first-order chi connectivity index (χ1) is 11.5. The summed E-state index contributed by atoms with van der Waals surface area (Å²) in [4.78, 5) is 23.9. The number of esters is 2. The third-order valence-corrected chi connectivity index (χ3v) is 5.86. The van der Waals surface area contributed by atoms with Crippen LogP contribution in [0.2, 0.25) is 0 Å². The topological polar surface area (TPSA) is 113 Å². The molecule has 7 nitrogen and oxygen atoms in total. The smallest absolute Gasteiger partial charge is 0.768 e. The van der Waals surface area contributed by atoms with E-state index < -0.39 is 77.2 Å². The first-order valence-electron chi connectivity index (χ1n) is 7.39. The molecule has 7 unspecified atom stereocenters. The Balaban J connectivity index is 0.00000243. The van der Waals surface area contributed by atoms with E-state index in [0.29, 0.717) is 6.42 Å². The zero-order valence-electron chi connectivity index (χ0n) is 13.4. The summed E-state index contributed by atoms with van der Waals surface area (Å²) in [5.74, 6) is -9.61. The molecule has 0 aromatic rings. The van der Waals surface area contributed by atoms with Crippen molar-refractivity contribution in [3.63, 3.8) is 0 Å². The van der Waals surface area contributed by atoms with Gasteiger partial charge in [-0.05, 0) is 6.42 Å². The summed E-state index contributed by atoms with van der Waals surface area (Å²) in [6, 6.07) is 0. The molecule has 3 fully saturated rings. The molecule has 1 heterocycles. The number of ether oxygens (including phenoxy) is 2. The van der Waals surface area contributed by atoms with Crippen molar-refractivity contribution in [2.75, 3.05) is 6.61 Å². The number of halogens is 4. The van der Waals surface area contributed by atoms with Crippen molar-refractivity contribution in [2.24, 2.45) is 23.7 Å². The molecular weight excluding hydrogens is 399 g/mol. The van der Waals surface area contributed by atoms with Crippen LogP contribution in [0.1, 0.15) is 12.8 Å². The molecule has 2 bridgehead atoms. The van der Waals surface area contributed by atoms with Gasteiger partial charge in [0.25, 0.3) is 0 Å². The first kappa shape index (κ1) is 22.0. The van der Waals surface area contributed by atoms with Crippen molar-refractivity contribution in [1.82, 2.24) is 0 Å². The van der Waals surface area contributed by atoms with Crippen molar-refractivity contribution < 1.29 is 80.0 Å². The SMILES string of the molecule is O=C(OCCC(F)(F)C(F)(F)S(=O)[O-])C1C2CC3C(OC(=O)C31)C2O.[Na+]. The van der Waals surface area contributed by atoms with Gasteiger partial charge < -0.3 is 19.1 Å². The molecule has 0 aromatic heterocycles. The van der Waals surface area contributed by atoms with Gasteiger partial charge >= 0.3 is 52.7 Å². The zero-order valence-corrected chi connectivity index (χ0v) is 16.2. The Kier molecular flexibility index (Phi) is 6.17. The fourth-order valence-electron chi connectivity index (χ4n) is 3.98. The van der Waals surface area contributed by atoms with Crippen LogP contribution in [-0.2, 0) is 30.1 Å². The van der Waals surface area contributed by atoms with Gasteiger partial charge in [-0.25, -0.2) is 0 Å². The molecule has 1 aliphatic heterocycles. The molecular formula is C13H13F4NaO7S. The Morgan fingerprint density at radius 2 is 1.96 bits per heavy atom. The number of carbonyl (C=O) groups excluding carboxylic acids is 2. The third-order valence-electron chi connectivity index (χ3n) is 5.14. The van der Waals surface area contributed by atoms with Crippen LogP contribution in [0, 0.1) is 23.7 Å². The van der Waals surface area contributed by atoms with Crippen LogP contribution in [0.4, 0.5) is 17.6 Å². The molecule has 2 saturated carbocycles. The van der Waals surface area contributed by atoms with Crippen LogP contribution < -0.4 is 29.6 Å². The van der Waals surface area contributed by atoms with Gasteiger partial charge in [-0.2, -0.15) is 17.6 Å². The van der Waals surface area contributed by atoms with Crippen molar-refractivity contribution in [2.45, 2.75) is 36.2 Å². The average Bonchev–Trinajstić information content (AvgIpc) is 3.10. The monoisotopic (exact) mass is 412 g/mol. The summed E-state index contributed by atoms with van der Waals surface area (Å²) in [5, 5.41) is 4.69. The fraction of sp³-hybridized carbons (Fsp3) is 0.846. The molecule has 1 N–H and O–H groups in total. The van der Waals surface area contributed by atoms with Gasteiger partial charge in [-0.1, -0.05) is 0 Å². The number of hydrogen-bond acceptors (Lipinski definition) is 7. The molecule has 1 saturated heterocycles. The molecule has 0 amide bonds. The molecule has 0 spiro atoms. The first-order valence-corrected chi connectivity index (χ1v) is 8.46. The molecule has 2 aliphatic carbocycles. The molecule has 142 valence electrons. The third kappa shape index (κ3) is 3.22. The quantitative estimate of drug-likeness (QED) is 0.217. The van der Waals surface area contributed by atoms with Crippen molar-refractivity contribution in [1.29, 1.82) is 0 Å². The van der Waals surface area contributed by atoms with E-state index >= 15 is 0 Å². The summed E-state index contributed by atoms with van der Waals surface area (Å²) < 4.78 is 82.3. The van der Waals surface area contributed by atoms with E-state index in [1.807, 2.05) is 0 Å².